The van der Waals surface area contributed by atoms with E-state index in [1.807, 2.05) is 18.2 Å². The number of halogens is 1. The van der Waals surface area contributed by atoms with Gasteiger partial charge in [-0.3, -0.25) is 0 Å². The van der Waals surface area contributed by atoms with Gasteiger partial charge in [0.05, 0.1) is 11.4 Å². The minimum Gasteiger partial charge on any atom is -0.207 e. The molecule has 1 aliphatic carbocycles. The molecular weight excluding hydrogens is 323 g/mol. The number of aromatic nitrogens is 2. The van der Waals surface area contributed by atoms with Crippen molar-refractivity contribution in [2.45, 2.75) is 71.6 Å². The van der Waals surface area contributed by atoms with Gasteiger partial charge in [-0.15, -0.1) is 0 Å². The molecule has 0 radical (unpaired) electrons. The molecule has 26 heavy (non-hydrogen) atoms. The molecule has 1 aliphatic rings. The Balaban J connectivity index is 1.48. The predicted molar refractivity (Wildman–Crippen MR) is 105 cm³/mol. The zero-order valence-electron chi connectivity index (χ0n) is 16.2. The molecule has 0 spiro atoms. The maximum atomic E-state index is 13.7. The van der Waals surface area contributed by atoms with Crippen LogP contribution >= 0.6 is 0 Å². The second-order valence-electron chi connectivity index (χ2n) is 7.94. The van der Waals surface area contributed by atoms with Crippen LogP contribution in [0.4, 0.5) is 4.39 Å². The molecule has 0 aliphatic heterocycles. The Morgan fingerprint density at radius 2 is 1.69 bits per heavy atom. The summed E-state index contributed by atoms with van der Waals surface area (Å²) < 4.78 is 13.7. The van der Waals surface area contributed by atoms with Crippen LogP contribution in [0.2, 0.25) is 0 Å². The predicted octanol–water partition coefficient (Wildman–Crippen LogP) is 6.52. The number of benzene rings is 1. The summed E-state index contributed by atoms with van der Waals surface area (Å²) in [4.78, 5) is 0. The number of aryl methyl sites for hydroxylation is 2. The monoisotopic (exact) mass is 354 g/mol. The Morgan fingerprint density at radius 3 is 2.31 bits per heavy atom. The lowest BCUT2D eigenvalue weighted by atomic mass is 9.78. The fourth-order valence-electron chi connectivity index (χ4n) is 4.05. The summed E-state index contributed by atoms with van der Waals surface area (Å²) in [6.07, 6.45) is 11.9. The molecule has 1 saturated carbocycles. The summed E-state index contributed by atoms with van der Waals surface area (Å²) in [6.45, 7) is 4.05. The Morgan fingerprint density at radius 1 is 0.962 bits per heavy atom. The Kier molecular flexibility index (Phi) is 6.76. The van der Waals surface area contributed by atoms with Gasteiger partial charge in [0.25, 0.3) is 0 Å². The summed E-state index contributed by atoms with van der Waals surface area (Å²) in [5.41, 5.74) is 3.24. The third kappa shape index (κ3) is 5.12. The van der Waals surface area contributed by atoms with Crippen molar-refractivity contribution in [1.29, 1.82) is 0 Å². The van der Waals surface area contributed by atoms with Gasteiger partial charge in [-0.05, 0) is 55.4 Å². The molecule has 3 heteroatoms. The van der Waals surface area contributed by atoms with Crippen molar-refractivity contribution in [2.24, 2.45) is 11.8 Å². The molecule has 1 aromatic carbocycles. The Hall–Kier alpha value is -1.77. The van der Waals surface area contributed by atoms with Gasteiger partial charge >= 0.3 is 0 Å². The first kappa shape index (κ1) is 19.0. The lowest BCUT2D eigenvalue weighted by Crippen LogP contribution is -2.15. The average Bonchev–Trinajstić information content (AvgIpc) is 2.68. The van der Waals surface area contributed by atoms with Gasteiger partial charge in [0.1, 0.15) is 5.82 Å². The van der Waals surface area contributed by atoms with Crippen LogP contribution in [0.25, 0.3) is 11.3 Å². The van der Waals surface area contributed by atoms with Crippen LogP contribution < -0.4 is 0 Å². The first-order chi connectivity index (χ1) is 12.7. The van der Waals surface area contributed by atoms with Gasteiger partial charge < -0.3 is 0 Å². The lowest BCUT2D eigenvalue weighted by molar-refractivity contribution is 0.249. The first-order valence-electron chi connectivity index (χ1n) is 10.2. The van der Waals surface area contributed by atoms with Gasteiger partial charge in [-0.1, -0.05) is 64.0 Å². The maximum absolute atomic E-state index is 13.7. The summed E-state index contributed by atoms with van der Waals surface area (Å²) in [7, 11) is 0. The largest absolute Gasteiger partial charge is 0.207 e. The Labute approximate surface area is 157 Å². The highest BCUT2D eigenvalue weighted by Crippen LogP contribution is 2.34. The topological polar surface area (TPSA) is 25.8 Å². The molecular formula is C23H31FN2. The molecule has 1 fully saturated rings. The standard InChI is InChI=1S/C23H31FN2/c1-3-4-5-18-7-9-19(10-8-18)11-13-21-14-15-23(26-25-21)20-12-6-17(2)22(24)16-20/h6,12,14-16,18-19H,3-5,7-11,13H2,1-2H3. The van der Waals surface area contributed by atoms with Crippen LogP contribution in [-0.4, -0.2) is 10.2 Å². The van der Waals surface area contributed by atoms with Crippen molar-refractivity contribution < 1.29 is 4.39 Å². The third-order valence-corrected chi connectivity index (χ3v) is 5.93. The van der Waals surface area contributed by atoms with E-state index in [4.69, 9.17) is 0 Å². The lowest BCUT2D eigenvalue weighted by Gasteiger charge is -2.28. The fraction of sp³-hybridized carbons (Fsp3) is 0.565. The van der Waals surface area contributed by atoms with E-state index in [1.54, 1.807) is 13.0 Å². The van der Waals surface area contributed by atoms with E-state index in [9.17, 15) is 4.39 Å². The molecule has 0 atom stereocenters. The highest BCUT2D eigenvalue weighted by Gasteiger charge is 2.20. The molecule has 0 saturated heterocycles. The van der Waals surface area contributed by atoms with E-state index in [1.165, 1.54) is 57.4 Å². The molecule has 3 rings (SSSR count). The van der Waals surface area contributed by atoms with E-state index in [0.717, 1.165) is 35.2 Å². The minimum atomic E-state index is -0.192. The van der Waals surface area contributed by atoms with E-state index in [-0.39, 0.29) is 5.82 Å². The van der Waals surface area contributed by atoms with Crippen LogP contribution in [-0.2, 0) is 6.42 Å². The van der Waals surface area contributed by atoms with Crippen LogP contribution in [0.15, 0.2) is 30.3 Å². The SMILES string of the molecule is CCCCC1CCC(CCc2ccc(-c3ccc(C)c(F)c3)nn2)CC1. The third-order valence-electron chi connectivity index (χ3n) is 5.93. The van der Waals surface area contributed by atoms with E-state index in [2.05, 4.69) is 17.1 Å². The van der Waals surface area contributed by atoms with Gasteiger partial charge in [-0.2, -0.15) is 10.2 Å². The van der Waals surface area contributed by atoms with Crippen LogP contribution in [0, 0.1) is 24.6 Å². The van der Waals surface area contributed by atoms with Crippen molar-refractivity contribution in [1.82, 2.24) is 10.2 Å². The highest BCUT2D eigenvalue weighted by atomic mass is 19.1. The summed E-state index contributed by atoms with van der Waals surface area (Å²) in [6, 6.07) is 9.24. The summed E-state index contributed by atoms with van der Waals surface area (Å²) in [5, 5.41) is 8.69. The quantitative estimate of drug-likeness (QED) is 0.565. The molecule has 1 heterocycles. The Bertz CT molecular complexity index is 688. The normalized spacial score (nSPS) is 20.3. The van der Waals surface area contributed by atoms with Gasteiger partial charge in [0.15, 0.2) is 0 Å². The van der Waals surface area contributed by atoms with Crippen molar-refractivity contribution in [3.05, 3.63) is 47.4 Å². The van der Waals surface area contributed by atoms with Crippen molar-refractivity contribution >= 4 is 0 Å². The van der Waals surface area contributed by atoms with E-state index >= 15 is 0 Å². The van der Waals surface area contributed by atoms with Crippen molar-refractivity contribution in [2.75, 3.05) is 0 Å². The summed E-state index contributed by atoms with van der Waals surface area (Å²) >= 11 is 0. The number of hydrogen-bond donors (Lipinski definition) is 0. The van der Waals surface area contributed by atoms with Crippen molar-refractivity contribution in [3.63, 3.8) is 0 Å². The number of rotatable bonds is 7. The van der Waals surface area contributed by atoms with Crippen LogP contribution in [0.1, 0.15) is 69.5 Å². The number of unbranched alkanes of at least 4 members (excludes halogenated alkanes) is 1. The second kappa shape index (κ2) is 9.25. The summed E-state index contributed by atoms with van der Waals surface area (Å²) in [5.74, 6) is 1.63. The van der Waals surface area contributed by atoms with Gasteiger partial charge in [-0.25, -0.2) is 4.39 Å². The zero-order valence-corrected chi connectivity index (χ0v) is 16.2. The van der Waals surface area contributed by atoms with E-state index in [0.29, 0.717) is 5.56 Å². The van der Waals surface area contributed by atoms with Crippen LogP contribution in [0.5, 0.6) is 0 Å². The van der Waals surface area contributed by atoms with E-state index < -0.39 is 0 Å². The minimum absolute atomic E-state index is 0.192. The first-order valence-corrected chi connectivity index (χ1v) is 10.2. The molecule has 0 bridgehead atoms. The molecule has 0 amide bonds. The fourth-order valence-corrected chi connectivity index (χ4v) is 4.05. The molecule has 0 unspecified atom stereocenters. The van der Waals surface area contributed by atoms with Crippen molar-refractivity contribution in [3.8, 4) is 11.3 Å². The molecule has 0 N–H and O–H groups in total. The number of nitrogens with zero attached hydrogens (tertiary/aromatic N) is 2. The maximum Gasteiger partial charge on any atom is 0.126 e. The molecule has 140 valence electrons. The van der Waals surface area contributed by atoms with Crippen LogP contribution in [0.3, 0.4) is 0 Å². The smallest absolute Gasteiger partial charge is 0.126 e. The van der Waals surface area contributed by atoms with Gasteiger partial charge in [0.2, 0.25) is 0 Å². The van der Waals surface area contributed by atoms with Gasteiger partial charge in [0, 0.05) is 5.56 Å². The molecule has 1 aromatic heterocycles. The molecule has 2 aromatic rings. The second-order valence-corrected chi connectivity index (χ2v) is 7.94. The zero-order chi connectivity index (χ0) is 18.4. The molecule has 2 nitrogen and oxygen atoms in total. The highest BCUT2D eigenvalue weighted by molar-refractivity contribution is 5.59. The number of hydrogen-bond acceptors (Lipinski definition) is 2. The average molecular weight is 355 g/mol.